The molecule has 152 valence electrons. The SMILES string of the molecule is Cc1ccc(N2C[C@@H](C(=O)N3CCC(Oc4ccccn4)CC3)CC2=O)cc1C. The van der Waals surface area contributed by atoms with Gasteiger partial charge in [0.2, 0.25) is 17.7 Å². The molecule has 0 saturated carbocycles. The Morgan fingerprint density at radius 1 is 1.10 bits per heavy atom. The van der Waals surface area contributed by atoms with Gasteiger partial charge in [0.05, 0.1) is 5.92 Å². The number of hydrogen-bond acceptors (Lipinski definition) is 4. The van der Waals surface area contributed by atoms with Gasteiger partial charge in [0.15, 0.2) is 0 Å². The third-order valence-electron chi connectivity index (χ3n) is 5.96. The minimum Gasteiger partial charge on any atom is -0.474 e. The molecular weight excluding hydrogens is 366 g/mol. The van der Waals surface area contributed by atoms with Crippen molar-refractivity contribution < 1.29 is 14.3 Å². The van der Waals surface area contributed by atoms with Crippen LogP contribution in [0.25, 0.3) is 0 Å². The van der Waals surface area contributed by atoms with Gasteiger partial charge >= 0.3 is 0 Å². The topological polar surface area (TPSA) is 62.7 Å². The van der Waals surface area contributed by atoms with Crippen LogP contribution in [0.1, 0.15) is 30.4 Å². The summed E-state index contributed by atoms with van der Waals surface area (Å²) >= 11 is 0. The van der Waals surface area contributed by atoms with E-state index >= 15 is 0 Å². The summed E-state index contributed by atoms with van der Waals surface area (Å²) in [5.74, 6) is 0.473. The van der Waals surface area contributed by atoms with E-state index in [1.807, 2.05) is 48.2 Å². The molecule has 3 heterocycles. The number of aromatic nitrogens is 1. The maximum absolute atomic E-state index is 13.0. The van der Waals surface area contributed by atoms with Crippen molar-refractivity contribution in [2.75, 3.05) is 24.5 Å². The molecule has 6 nitrogen and oxygen atoms in total. The molecule has 0 aliphatic carbocycles. The van der Waals surface area contributed by atoms with Gasteiger partial charge in [-0.25, -0.2) is 4.98 Å². The molecule has 2 amide bonds. The minimum atomic E-state index is -0.266. The van der Waals surface area contributed by atoms with E-state index in [4.69, 9.17) is 4.74 Å². The lowest BCUT2D eigenvalue weighted by Gasteiger charge is -2.33. The number of pyridine rings is 1. The first kappa shape index (κ1) is 19.4. The quantitative estimate of drug-likeness (QED) is 0.801. The lowest BCUT2D eigenvalue weighted by atomic mass is 10.0. The molecule has 2 aliphatic heterocycles. The number of rotatable bonds is 4. The third kappa shape index (κ3) is 4.26. The van der Waals surface area contributed by atoms with Crippen LogP contribution in [0.2, 0.25) is 0 Å². The monoisotopic (exact) mass is 393 g/mol. The van der Waals surface area contributed by atoms with Crippen LogP contribution >= 0.6 is 0 Å². The van der Waals surface area contributed by atoms with Gasteiger partial charge < -0.3 is 14.5 Å². The van der Waals surface area contributed by atoms with Crippen molar-refractivity contribution in [3.8, 4) is 5.88 Å². The van der Waals surface area contributed by atoms with Crippen LogP contribution in [0.15, 0.2) is 42.6 Å². The molecule has 2 fully saturated rings. The van der Waals surface area contributed by atoms with Crippen molar-refractivity contribution in [3.63, 3.8) is 0 Å². The lowest BCUT2D eigenvalue weighted by Crippen LogP contribution is -2.45. The first-order valence-electron chi connectivity index (χ1n) is 10.3. The Kier molecular flexibility index (Phi) is 5.51. The van der Waals surface area contributed by atoms with E-state index in [1.54, 1.807) is 11.1 Å². The Morgan fingerprint density at radius 3 is 2.59 bits per heavy atom. The number of nitrogens with zero attached hydrogens (tertiary/aromatic N) is 3. The molecule has 0 spiro atoms. The maximum atomic E-state index is 13.0. The minimum absolute atomic E-state index is 0.0278. The molecule has 29 heavy (non-hydrogen) atoms. The van der Waals surface area contributed by atoms with E-state index < -0.39 is 0 Å². The van der Waals surface area contributed by atoms with Gasteiger partial charge in [-0.1, -0.05) is 12.1 Å². The zero-order chi connectivity index (χ0) is 20.4. The van der Waals surface area contributed by atoms with Gasteiger partial charge in [0, 0.05) is 56.8 Å². The summed E-state index contributed by atoms with van der Waals surface area (Å²) in [5, 5.41) is 0. The Morgan fingerprint density at radius 2 is 1.90 bits per heavy atom. The summed E-state index contributed by atoms with van der Waals surface area (Å²) in [6.45, 7) is 5.87. The first-order valence-corrected chi connectivity index (χ1v) is 10.3. The number of likely N-dealkylation sites (tertiary alicyclic amines) is 1. The molecular formula is C23H27N3O3. The zero-order valence-corrected chi connectivity index (χ0v) is 17.0. The summed E-state index contributed by atoms with van der Waals surface area (Å²) < 4.78 is 5.91. The fourth-order valence-corrected chi connectivity index (χ4v) is 4.06. The second-order valence-electron chi connectivity index (χ2n) is 7.98. The van der Waals surface area contributed by atoms with E-state index in [2.05, 4.69) is 11.9 Å². The van der Waals surface area contributed by atoms with E-state index in [9.17, 15) is 9.59 Å². The number of amides is 2. The number of anilines is 1. The smallest absolute Gasteiger partial charge is 0.228 e. The Labute approximate surface area is 171 Å². The van der Waals surface area contributed by atoms with Crippen LogP contribution in [0.5, 0.6) is 5.88 Å². The highest BCUT2D eigenvalue weighted by Crippen LogP contribution is 2.29. The van der Waals surface area contributed by atoms with Crippen LogP contribution < -0.4 is 9.64 Å². The van der Waals surface area contributed by atoms with Gasteiger partial charge in [-0.05, 0) is 43.2 Å². The molecule has 2 saturated heterocycles. The Hall–Kier alpha value is -2.89. The highest BCUT2D eigenvalue weighted by atomic mass is 16.5. The largest absolute Gasteiger partial charge is 0.474 e. The molecule has 2 aromatic rings. The maximum Gasteiger partial charge on any atom is 0.228 e. The van der Waals surface area contributed by atoms with Gasteiger partial charge in [-0.2, -0.15) is 0 Å². The standard InChI is InChI=1S/C23H27N3O3/c1-16-6-7-19(13-17(16)2)26-15-18(14-22(26)27)23(28)25-11-8-20(9-12-25)29-21-5-3-4-10-24-21/h3-7,10,13,18,20H,8-9,11-12,14-15H2,1-2H3/t18-/m0/s1. The average molecular weight is 393 g/mol. The van der Waals surface area contributed by atoms with Crippen molar-refractivity contribution in [3.05, 3.63) is 53.7 Å². The molecule has 1 aromatic carbocycles. The zero-order valence-electron chi connectivity index (χ0n) is 17.0. The molecule has 0 bridgehead atoms. The number of carbonyl (C=O) groups is 2. The second kappa shape index (κ2) is 8.23. The van der Waals surface area contributed by atoms with Crippen LogP contribution in [0.3, 0.4) is 0 Å². The highest BCUT2D eigenvalue weighted by molar-refractivity contribution is 6.00. The van der Waals surface area contributed by atoms with Gasteiger partial charge in [0.25, 0.3) is 0 Å². The summed E-state index contributed by atoms with van der Waals surface area (Å²) in [4.78, 5) is 33.4. The molecule has 0 unspecified atom stereocenters. The van der Waals surface area contributed by atoms with Crippen molar-refractivity contribution in [2.24, 2.45) is 5.92 Å². The van der Waals surface area contributed by atoms with Crippen molar-refractivity contribution in [2.45, 2.75) is 39.2 Å². The van der Waals surface area contributed by atoms with Crippen molar-refractivity contribution in [1.29, 1.82) is 0 Å². The van der Waals surface area contributed by atoms with Crippen LogP contribution in [-0.4, -0.2) is 47.4 Å². The number of hydrogen-bond donors (Lipinski definition) is 0. The van der Waals surface area contributed by atoms with E-state index in [0.29, 0.717) is 25.5 Å². The van der Waals surface area contributed by atoms with Gasteiger partial charge in [0.1, 0.15) is 6.10 Å². The molecule has 1 atom stereocenters. The second-order valence-corrected chi connectivity index (χ2v) is 7.98. The summed E-state index contributed by atoms with van der Waals surface area (Å²) in [6, 6.07) is 11.6. The van der Waals surface area contributed by atoms with Crippen molar-refractivity contribution in [1.82, 2.24) is 9.88 Å². The molecule has 1 aromatic heterocycles. The van der Waals surface area contributed by atoms with E-state index in [1.165, 1.54) is 5.56 Å². The predicted molar refractivity (Wildman–Crippen MR) is 111 cm³/mol. The third-order valence-corrected chi connectivity index (χ3v) is 5.96. The van der Waals surface area contributed by atoms with Gasteiger partial charge in [-0.3, -0.25) is 9.59 Å². The van der Waals surface area contributed by atoms with Gasteiger partial charge in [-0.15, -0.1) is 0 Å². The first-order chi connectivity index (χ1) is 14.0. The number of piperidine rings is 1. The summed E-state index contributed by atoms with van der Waals surface area (Å²) in [6.07, 6.45) is 3.64. The van der Waals surface area contributed by atoms with Crippen LogP contribution in [0, 0.1) is 19.8 Å². The predicted octanol–water partition coefficient (Wildman–Crippen LogP) is 3.12. The molecule has 4 rings (SSSR count). The number of ether oxygens (including phenoxy) is 1. The average Bonchev–Trinajstić information content (AvgIpc) is 3.12. The fourth-order valence-electron chi connectivity index (χ4n) is 4.06. The number of aryl methyl sites for hydroxylation is 2. The molecule has 6 heteroatoms. The van der Waals surface area contributed by atoms with Crippen molar-refractivity contribution >= 4 is 17.5 Å². The number of carbonyl (C=O) groups excluding carboxylic acids is 2. The van der Waals surface area contributed by atoms with Crippen LogP contribution in [-0.2, 0) is 9.59 Å². The summed E-state index contributed by atoms with van der Waals surface area (Å²) in [5.41, 5.74) is 3.24. The normalized spacial score (nSPS) is 20.2. The number of benzene rings is 1. The highest BCUT2D eigenvalue weighted by Gasteiger charge is 2.38. The molecule has 0 radical (unpaired) electrons. The molecule has 2 aliphatic rings. The fraction of sp³-hybridized carbons (Fsp3) is 0.435. The Bertz CT molecular complexity index is 891. The summed E-state index contributed by atoms with van der Waals surface area (Å²) in [7, 11) is 0. The molecule has 0 N–H and O–H groups in total. The van der Waals surface area contributed by atoms with Crippen LogP contribution in [0.4, 0.5) is 5.69 Å². The Balaban J connectivity index is 1.33. The van der Waals surface area contributed by atoms with E-state index in [0.717, 1.165) is 24.1 Å². The van der Waals surface area contributed by atoms with E-state index in [-0.39, 0.29) is 30.3 Å². The lowest BCUT2D eigenvalue weighted by molar-refractivity contribution is -0.137.